The van der Waals surface area contributed by atoms with Crippen LogP contribution in [0.15, 0.2) is 27.5 Å². The summed E-state index contributed by atoms with van der Waals surface area (Å²) in [6, 6.07) is 3.64. The molecule has 10 heteroatoms. The molecule has 0 radical (unpaired) electrons. The first-order valence-electron chi connectivity index (χ1n) is 8.41. The summed E-state index contributed by atoms with van der Waals surface area (Å²) in [6.45, 7) is 4.86. The third kappa shape index (κ3) is 4.02. The average molecular weight is 395 g/mol. The van der Waals surface area contributed by atoms with Crippen molar-refractivity contribution >= 4 is 16.0 Å². The van der Waals surface area contributed by atoms with Crippen molar-refractivity contribution in [3.8, 4) is 0 Å². The first-order valence-corrected chi connectivity index (χ1v) is 9.85. The third-order valence-corrected chi connectivity index (χ3v) is 6.37. The molecule has 1 aliphatic heterocycles. The number of carbonyl (C=O) groups is 1. The van der Waals surface area contributed by atoms with Crippen LogP contribution in [0.4, 0.5) is 0 Å². The molecule has 27 heavy (non-hydrogen) atoms. The fourth-order valence-electron chi connectivity index (χ4n) is 2.90. The Kier molecular flexibility index (Phi) is 5.31. The highest BCUT2D eigenvalue weighted by atomic mass is 32.2. The summed E-state index contributed by atoms with van der Waals surface area (Å²) in [5.74, 6) is -0.325. The molecule has 1 aromatic heterocycles. The van der Waals surface area contributed by atoms with E-state index in [-0.39, 0.29) is 30.4 Å². The van der Waals surface area contributed by atoms with E-state index in [1.165, 1.54) is 6.07 Å². The van der Waals surface area contributed by atoms with Crippen LogP contribution in [-0.2, 0) is 26.2 Å². The molecule has 0 spiro atoms. The Morgan fingerprint density at radius 3 is 2.67 bits per heavy atom. The number of β-amino-alcohol motifs (C(OH)–C–C–N with tert-alkyl or cyclic N) is 1. The maximum atomic E-state index is 13.0. The molecule has 1 N–H and O–H groups in total. The normalized spacial score (nSPS) is 20.7. The SMILES string of the molecule is Cc1nnc(COC(=O)C2CC(O)CN2S(=O)(=O)c2ccc(C)c(C)c2)o1. The van der Waals surface area contributed by atoms with Crippen molar-refractivity contribution in [2.75, 3.05) is 6.54 Å². The van der Waals surface area contributed by atoms with Crippen molar-refractivity contribution in [3.05, 3.63) is 41.1 Å². The summed E-state index contributed by atoms with van der Waals surface area (Å²) in [5, 5.41) is 17.3. The van der Waals surface area contributed by atoms with Crippen molar-refractivity contribution < 1.29 is 27.5 Å². The Morgan fingerprint density at radius 2 is 2.04 bits per heavy atom. The largest absolute Gasteiger partial charge is 0.454 e. The predicted octanol–water partition coefficient (Wildman–Crippen LogP) is 0.862. The molecule has 0 bridgehead atoms. The molecule has 2 aromatic rings. The number of ether oxygens (including phenoxy) is 1. The second kappa shape index (κ2) is 7.37. The molecule has 1 saturated heterocycles. The zero-order valence-corrected chi connectivity index (χ0v) is 16.1. The Labute approximate surface area is 157 Å². The molecule has 3 rings (SSSR count). The summed E-state index contributed by atoms with van der Waals surface area (Å²) >= 11 is 0. The number of aliphatic hydroxyl groups excluding tert-OH is 1. The average Bonchev–Trinajstić information content (AvgIpc) is 3.21. The van der Waals surface area contributed by atoms with Gasteiger partial charge in [0.15, 0.2) is 6.61 Å². The lowest BCUT2D eigenvalue weighted by Crippen LogP contribution is -2.41. The highest BCUT2D eigenvalue weighted by molar-refractivity contribution is 7.89. The molecule has 0 amide bonds. The summed E-state index contributed by atoms with van der Waals surface area (Å²) < 4.78 is 37.2. The van der Waals surface area contributed by atoms with Gasteiger partial charge < -0.3 is 14.3 Å². The number of carbonyl (C=O) groups excluding carboxylic acids is 1. The first kappa shape index (κ1) is 19.5. The number of aliphatic hydroxyl groups is 1. The van der Waals surface area contributed by atoms with Gasteiger partial charge in [0, 0.05) is 19.9 Å². The predicted molar refractivity (Wildman–Crippen MR) is 93.1 cm³/mol. The van der Waals surface area contributed by atoms with Gasteiger partial charge in [0.25, 0.3) is 5.89 Å². The van der Waals surface area contributed by atoms with Crippen molar-refractivity contribution in [2.24, 2.45) is 0 Å². The number of sulfonamides is 1. The smallest absolute Gasteiger partial charge is 0.325 e. The Morgan fingerprint density at radius 1 is 1.30 bits per heavy atom. The molecule has 1 aliphatic rings. The van der Waals surface area contributed by atoms with Crippen LogP contribution in [0.25, 0.3) is 0 Å². The lowest BCUT2D eigenvalue weighted by Gasteiger charge is -2.22. The zero-order chi connectivity index (χ0) is 19.8. The number of nitrogens with zero attached hydrogens (tertiary/aromatic N) is 3. The van der Waals surface area contributed by atoms with Gasteiger partial charge in [-0.1, -0.05) is 6.07 Å². The van der Waals surface area contributed by atoms with Crippen LogP contribution in [0.2, 0.25) is 0 Å². The van der Waals surface area contributed by atoms with Gasteiger partial charge in [0.2, 0.25) is 15.9 Å². The van der Waals surface area contributed by atoms with Crippen LogP contribution < -0.4 is 0 Å². The van der Waals surface area contributed by atoms with Crippen LogP contribution in [0.1, 0.15) is 29.3 Å². The first-order chi connectivity index (χ1) is 12.7. The van der Waals surface area contributed by atoms with Crippen LogP contribution in [0, 0.1) is 20.8 Å². The minimum absolute atomic E-state index is 0.0359. The summed E-state index contributed by atoms with van der Waals surface area (Å²) in [5.41, 5.74) is 1.78. The minimum Gasteiger partial charge on any atom is -0.454 e. The van der Waals surface area contributed by atoms with E-state index in [1.807, 2.05) is 13.8 Å². The van der Waals surface area contributed by atoms with Crippen LogP contribution in [-0.4, -0.2) is 52.7 Å². The lowest BCUT2D eigenvalue weighted by molar-refractivity contribution is -0.149. The van der Waals surface area contributed by atoms with Gasteiger partial charge in [-0.15, -0.1) is 10.2 Å². The number of rotatable bonds is 5. The molecule has 0 aliphatic carbocycles. The van der Waals surface area contributed by atoms with Gasteiger partial charge in [0.1, 0.15) is 6.04 Å². The van der Waals surface area contributed by atoms with E-state index in [9.17, 15) is 18.3 Å². The second-order valence-corrected chi connectivity index (χ2v) is 8.44. The molecular formula is C17H21N3O6S. The molecule has 2 heterocycles. The monoisotopic (exact) mass is 395 g/mol. The number of benzene rings is 1. The van der Waals surface area contributed by atoms with Gasteiger partial charge in [-0.3, -0.25) is 4.79 Å². The van der Waals surface area contributed by atoms with Crippen molar-refractivity contribution in [2.45, 2.75) is 50.8 Å². The van der Waals surface area contributed by atoms with Crippen molar-refractivity contribution in [3.63, 3.8) is 0 Å². The van der Waals surface area contributed by atoms with Gasteiger partial charge in [-0.05, 0) is 37.1 Å². The number of hydrogen-bond acceptors (Lipinski definition) is 8. The number of hydrogen-bond donors (Lipinski definition) is 1. The fraction of sp³-hybridized carbons (Fsp3) is 0.471. The lowest BCUT2D eigenvalue weighted by atomic mass is 10.1. The standard InChI is InChI=1S/C17H21N3O6S/c1-10-4-5-14(6-11(10)2)27(23,24)20-8-13(21)7-15(20)17(22)25-9-16-19-18-12(3)26-16/h4-6,13,15,21H,7-9H2,1-3H3. The van der Waals surface area contributed by atoms with E-state index in [1.54, 1.807) is 19.1 Å². The topological polar surface area (TPSA) is 123 Å². The number of aryl methyl sites for hydroxylation is 3. The van der Waals surface area contributed by atoms with Gasteiger partial charge in [0.05, 0.1) is 11.0 Å². The summed E-state index contributed by atoms with van der Waals surface area (Å²) in [4.78, 5) is 12.5. The maximum absolute atomic E-state index is 13.0. The highest BCUT2D eigenvalue weighted by Gasteiger charge is 2.44. The zero-order valence-electron chi connectivity index (χ0n) is 15.2. The van der Waals surface area contributed by atoms with E-state index in [0.29, 0.717) is 5.89 Å². The summed E-state index contributed by atoms with van der Waals surface area (Å²) in [6.07, 6.45) is -0.985. The van der Waals surface area contributed by atoms with Gasteiger partial charge in [-0.25, -0.2) is 8.42 Å². The maximum Gasteiger partial charge on any atom is 0.325 e. The molecule has 0 saturated carbocycles. The Bertz CT molecular complexity index is 955. The molecule has 2 unspecified atom stereocenters. The van der Waals surface area contributed by atoms with E-state index < -0.39 is 28.1 Å². The molecule has 9 nitrogen and oxygen atoms in total. The Hall–Kier alpha value is -2.30. The minimum atomic E-state index is -3.96. The third-order valence-electron chi connectivity index (χ3n) is 4.50. The molecule has 1 aromatic carbocycles. The van der Waals surface area contributed by atoms with Crippen molar-refractivity contribution in [1.29, 1.82) is 0 Å². The number of aromatic nitrogens is 2. The van der Waals surface area contributed by atoms with Gasteiger partial charge in [-0.2, -0.15) is 4.31 Å². The van der Waals surface area contributed by atoms with Gasteiger partial charge >= 0.3 is 5.97 Å². The highest BCUT2D eigenvalue weighted by Crippen LogP contribution is 2.28. The molecule has 2 atom stereocenters. The Balaban J connectivity index is 1.80. The fourth-order valence-corrected chi connectivity index (χ4v) is 4.61. The van der Waals surface area contributed by atoms with Crippen LogP contribution in [0.3, 0.4) is 0 Å². The van der Waals surface area contributed by atoms with Crippen molar-refractivity contribution in [1.82, 2.24) is 14.5 Å². The van der Waals surface area contributed by atoms with E-state index >= 15 is 0 Å². The summed E-state index contributed by atoms with van der Waals surface area (Å²) in [7, 11) is -3.96. The number of esters is 1. The second-order valence-electron chi connectivity index (χ2n) is 6.55. The molecule has 1 fully saturated rings. The van der Waals surface area contributed by atoms with E-state index in [2.05, 4.69) is 10.2 Å². The van der Waals surface area contributed by atoms with Crippen LogP contribution in [0.5, 0.6) is 0 Å². The molecule has 146 valence electrons. The molecular weight excluding hydrogens is 374 g/mol. The quantitative estimate of drug-likeness (QED) is 0.740. The van der Waals surface area contributed by atoms with E-state index in [0.717, 1.165) is 15.4 Å². The van der Waals surface area contributed by atoms with Crippen LogP contribution >= 0.6 is 0 Å². The van der Waals surface area contributed by atoms with E-state index in [4.69, 9.17) is 9.15 Å².